The van der Waals surface area contributed by atoms with Crippen molar-refractivity contribution in [2.45, 2.75) is 24.6 Å². The zero-order valence-corrected chi connectivity index (χ0v) is 15.4. The highest BCUT2D eigenvalue weighted by Gasteiger charge is 2.43. The molecule has 1 amide bonds. The van der Waals surface area contributed by atoms with Gasteiger partial charge in [0.05, 0.1) is 12.6 Å². The van der Waals surface area contributed by atoms with E-state index in [4.69, 9.17) is 4.74 Å². The van der Waals surface area contributed by atoms with Crippen LogP contribution in [-0.2, 0) is 9.53 Å². The summed E-state index contributed by atoms with van der Waals surface area (Å²) in [6.07, 6.45) is 0.624. The molecular formula is C21H26N4O2. The van der Waals surface area contributed by atoms with E-state index in [1.807, 2.05) is 4.90 Å². The average Bonchev–Trinajstić information content (AvgIpc) is 3.16. The number of benzene rings is 2. The van der Waals surface area contributed by atoms with E-state index >= 15 is 0 Å². The Balaban J connectivity index is 1.39. The van der Waals surface area contributed by atoms with Crippen LogP contribution in [0.25, 0.3) is 10.8 Å². The Morgan fingerprint density at radius 2 is 2.00 bits per heavy atom. The molecule has 3 N–H and O–H groups in total. The van der Waals surface area contributed by atoms with Gasteiger partial charge in [-0.25, -0.2) is 5.43 Å². The van der Waals surface area contributed by atoms with E-state index in [1.165, 1.54) is 16.3 Å². The largest absolute Gasteiger partial charge is 0.366 e. The molecule has 27 heavy (non-hydrogen) atoms. The van der Waals surface area contributed by atoms with Crippen LogP contribution in [0, 0.1) is 5.92 Å². The summed E-state index contributed by atoms with van der Waals surface area (Å²) in [5.41, 5.74) is 8.30. The molecule has 3 aliphatic rings. The number of carbonyl (C=O) groups is 1. The van der Waals surface area contributed by atoms with E-state index < -0.39 is 0 Å². The number of amides is 1. The van der Waals surface area contributed by atoms with Gasteiger partial charge in [-0.05, 0) is 22.8 Å². The lowest BCUT2D eigenvalue weighted by molar-refractivity contribution is -0.147. The second-order valence-corrected chi connectivity index (χ2v) is 7.74. The first-order valence-corrected chi connectivity index (χ1v) is 9.91. The molecule has 3 saturated heterocycles. The second kappa shape index (κ2) is 7.20. The van der Waals surface area contributed by atoms with Crippen LogP contribution >= 0.6 is 0 Å². The first kappa shape index (κ1) is 17.1. The molecule has 3 aliphatic heterocycles. The maximum atomic E-state index is 12.9. The summed E-state index contributed by atoms with van der Waals surface area (Å²) < 4.78 is 5.69. The van der Waals surface area contributed by atoms with Crippen LogP contribution in [0.15, 0.2) is 42.5 Å². The Bertz CT molecular complexity index is 831. The second-order valence-electron chi connectivity index (χ2n) is 7.74. The van der Waals surface area contributed by atoms with E-state index in [1.54, 1.807) is 0 Å². The van der Waals surface area contributed by atoms with E-state index in [-0.39, 0.29) is 18.1 Å². The van der Waals surface area contributed by atoms with Crippen LogP contribution in [-0.4, -0.2) is 55.7 Å². The summed E-state index contributed by atoms with van der Waals surface area (Å²) in [7, 11) is 0. The van der Waals surface area contributed by atoms with E-state index in [9.17, 15) is 4.79 Å². The van der Waals surface area contributed by atoms with E-state index in [0.717, 1.165) is 26.1 Å². The SMILES string of the molecule is O=C(C1CNCCO1)N1CCC2NNC(c3cccc4ccccc34)C2C1. The molecule has 2 aromatic rings. The molecule has 0 bridgehead atoms. The predicted molar refractivity (Wildman–Crippen MR) is 104 cm³/mol. The van der Waals surface area contributed by atoms with Gasteiger partial charge in [-0.2, -0.15) is 0 Å². The maximum Gasteiger partial charge on any atom is 0.253 e. The van der Waals surface area contributed by atoms with Gasteiger partial charge < -0.3 is 15.0 Å². The number of piperidine rings is 1. The number of likely N-dealkylation sites (tertiary alicyclic amines) is 1. The van der Waals surface area contributed by atoms with Gasteiger partial charge >= 0.3 is 0 Å². The number of nitrogens with zero attached hydrogens (tertiary/aromatic N) is 1. The number of morpholine rings is 1. The molecular weight excluding hydrogens is 340 g/mol. The van der Waals surface area contributed by atoms with Crippen molar-refractivity contribution in [3.8, 4) is 0 Å². The van der Waals surface area contributed by atoms with Crippen molar-refractivity contribution in [1.29, 1.82) is 0 Å². The number of ether oxygens (including phenoxy) is 1. The molecule has 2 aromatic carbocycles. The Kier molecular flexibility index (Phi) is 4.57. The number of nitrogens with one attached hydrogen (secondary N) is 3. The highest BCUT2D eigenvalue weighted by atomic mass is 16.5. The molecule has 0 saturated carbocycles. The van der Waals surface area contributed by atoms with Crippen molar-refractivity contribution < 1.29 is 9.53 Å². The standard InChI is InChI=1S/C21H26N4O2/c26-21(19-12-22-9-11-27-19)25-10-8-18-17(13-25)20(24-23-18)16-7-3-5-14-4-1-2-6-15(14)16/h1-7,17-20,22-24H,8-13H2. The smallest absolute Gasteiger partial charge is 0.253 e. The van der Waals surface area contributed by atoms with Crippen molar-refractivity contribution in [3.05, 3.63) is 48.0 Å². The molecule has 4 atom stereocenters. The summed E-state index contributed by atoms with van der Waals surface area (Å²) >= 11 is 0. The number of hydrazine groups is 1. The minimum atomic E-state index is -0.339. The molecule has 3 fully saturated rings. The lowest BCUT2D eigenvalue weighted by atomic mass is 9.83. The lowest BCUT2D eigenvalue weighted by Gasteiger charge is -2.38. The van der Waals surface area contributed by atoms with Crippen LogP contribution in [0.5, 0.6) is 0 Å². The molecule has 0 radical (unpaired) electrons. The quantitative estimate of drug-likeness (QED) is 0.745. The third-order valence-corrected chi connectivity index (χ3v) is 6.18. The molecule has 142 valence electrons. The van der Waals surface area contributed by atoms with Crippen molar-refractivity contribution in [1.82, 2.24) is 21.1 Å². The van der Waals surface area contributed by atoms with Gasteiger partial charge in [-0.1, -0.05) is 42.5 Å². The number of hydrogen-bond acceptors (Lipinski definition) is 5. The predicted octanol–water partition coefficient (Wildman–Crippen LogP) is 1.19. The number of carbonyl (C=O) groups excluding carboxylic acids is 1. The molecule has 0 spiro atoms. The monoisotopic (exact) mass is 366 g/mol. The van der Waals surface area contributed by atoms with Crippen LogP contribution < -0.4 is 16.2 Å². The van der Waals surface area contributed by atoms with Crippen LogP contribution in [0.3, 0.4) is 0 Å². The van der Waals surface area contributed by atoms with Crippen molar-refractivity contribution in [2.24, 2.45) is 5.92 Å². The maximum absolute atomic E-state index is 12.9. The van der Waals surface area contributed by atoms with Crippen molar-refractivity contribution >= 4 is 16.7 Å². The number of hydrogen-bond donors (Lipinski definition) is 3. The van der Waals surface area contributed by atoms with Crippen molar-refractivity contribution in [3.63, 3.8) is 0 Å². The van der Waals surface area contributed by atoms with Crippen molar-refractivity contribution in [2.75, 3.05) is 32.8 Å². The van der Waals surface area contributed by atoms with Gasteiger partial charge in [-0.15, -0.1) is 0 Å². The zero-order valence-electron chi connectivity index (χ0n) is 15.4. The average molecular weight is 366 g/mol. The first-order valence-electron chi connectivity index (χ1n) is 9.91. The number of fused-ring (bicyclic) bond motifs is 2. The third kappa shape index (κ3) is 3.12. The summed E-state index contributed by atoms with van der Waals surface area (Å²) in [6, 6.07) is 15.6. The topological polar surface area (TPSA) is 65.6 Å². The minimum absolute atomic E-state index is 0.129. The first-order chi connectivity index (χ1) is 13.3. The van der Waals surface area contributed by atoms with Gasteiger partial charge in [0.25, 0.3) is 5.91 Å². The zero-order chi connectivity index (χ0) is 18.2. The number of rotatable bonds is 2. The molecule has 6 nitrogen and oxygen atoms in total. The fourth-order valence-corrected chi connectivity index (χ4v) is 4.76. The summed E-state index contributed by atoms with van der Waals surface area (Å²) in [4.78, 5) is 14.9. The minimum Gasteiger partial charge on any atom is -0.366 e. The summed E-state index contributed by atoms with van der Waals surface area (Å²) in [5.74, 6) is 0.481. The molecule has 0 aromatic heterocycles. The Labute approximate surface area is 159 Å². The molecule has 0 aliphatic carbocycles. The normalized spacial score (nSPS) is 31.0. The van der Waals surface area contributed by atoms with Gasteiger partial charge in [0.1, 0.15) is 6.10 Å². The fourth-order valence-electron chi connectivity index (χ4n) is 4.76. The highest BCUT2D eigenvalue weighted by Crippen LogP contribution is 2.36. The third-order valence-electron chi connectivity index (χ3n) is 6.18. The van der Waals surface area contributed by atoms with E-state index in [0.29, 0.717) is 25.1 Å². The molecule has 5 rings (SSSR count). The van der Waals surface area contributed by atoms with Crippen LogP contribution in [0.2, 0.25) is 0 Å². The van der Waals surface area contributed by atoms with Gasteiger partial charge in [0.15, 0.2) is 0 Å². The molecule has 6 heteroatoms. The highest BCUT2D eigenvalue weighted by molar-refractivity contribution is 5.86. The lowest BCUT2D eigenvalue weighted by Crippen LogP contribution is -2.54. The summed E-state index contributed by atoms with van der Waals surface area (Å²) in [5, 5.41) is 5.79. The summed E-state index contributed by atoms with van der Waals surface area (Å²) in [6.45, 7) is 3.60. The van der Waals surface area contributed by atoms with Gasteiger partial charge in [0, 0.05) is 38.1 Å². The fraction of sp³-hybridized carbons (Fsp3) is 0.476. The Morgan fingerprint density at radius 3 is 2.89 bits per heavy atom. The van der Waals surface area contributed by atoms with Crippen LogP contribution in [0.1, 0.15) is 18.0 Å². The van der Waals surface area contributed by atoms with Crippen LogP contribution in [0.4, 0.5) is 0 Å². The Hall–Kier alpha value is -1.99. The van der Waals surface area contributed by atoms with E-state index in [2.05, 4.69) is 58.6 Å². The molecule has 3 heterocycles. The Morgan fingerprint density at radius 1 is 1.11 bits per heavy atom. The molecule has 4 unspecified atom stereocenters. The van der Waals surface area contributed by atoms with Gasteiger partial charge in [0.2, 0.25) is 0 Å². The van der Waals surface area contributed by atoms with Gasteiger partial charge in [-0.3, -0.25) is 10.2 Å².